The summed E-state index contributed by atoms with van der Waals surface area (Å²) in [4.78, 5) is 4.74. The second-order valence-corrected chi connectivity index (χ2v) is 7.68. The van der Waals surface area contributed by atoms with Crippen LogP contribution in [0.4, 0.5) is 0 Å². The Morgan fingerprint density at radius 3 is 2.86 bits per heavy atom. The first-order chi connectivity index (χ1) is 13.1. The van der Waals surface area contributed by atoms with E-state index in [0.717, 1.165) is 29.0 Å². The van der Waals surface area contributed by atoms with Crippen LogP contribution in [0, 0.1) is 11.3 Å². The van der Waals surface area contributed by atoms with Gasteiger partial charge in [0.05, 0.1) is 11.7 Å². The standard InChI is InChI=1S/C21H20N4OS.ClH/c1-12(2)26-19-9-6-13(10-14(19)11-22)20-24-21(27-25-20)17-5-3-4-16-15(17)7-8-18(16)23;/h3-6,9-10,12,18H,7-8,23H2,1-2H3;1H/t18-;/m1./s1. The molecule has 1 aromatic heterocycles. The van der Waals surface area contributed by atoms with Crippen LogP contribution in [0.5, 0.6) is 5.75 Å². The van der Waals surface area contributed by atoms with Crippen molar-refractivity contribution in [2.75, 3.05) is 0 Å². The van der Waals surface area contributed by atoms with Gasteiger partial charge >= 0.3 is 0 Å². The molecule has 1 atom stereocenters. The highest BCUT2D eigenvalue weighted by molar-refractivity contribution is 7.09. The van der Waals surface area contributed by atoms with E-state index in [1.165, 1.54) is 22.7 Å². The first-order valence-electron chi connectivity index (χ1n) is 8.99. The van der Waals surface area contributed by atoms with Gasteiger partial charge in [0, 0.05) is 17.2 Å². The zero-order valence-electron chi connectivity index (χ0n) is 15.7. The minimum Gasteiger partial charge on any atom is -0.490 e. The lowest BCUT2D eigenvalue weighted by Crippen LogP contribution is -2.06. The maximum Gasteiger partial charge on any atom is 0.173 e. The number of aromatic nitrogens is 2. The molecule has 144 valence electrons. The van der Waals surface area contributed by atoms with Gasteiger partial charge < -0.3 is 10.5 Å². The predicted octanol–water partition coefficient (Wildman–Crippen LogP) is 4.90. The number of ether oxygens (including phenoxy) is 1. The van der Waals surface area contributed by atoms with Crippen LogP contribution in [0.2, 0.25) is 0 Å². The Hall–Kier alpha value is -2.46. The molecule has 2 N–H and O–H groups in total. The molecule has 0 saturated heterocycles. The molecule has 0 amide bonds. The van der Waals surface area contributed by atoms with Crippen LogP contribution in [-0.2, 0) is 6.42 Å². The van der Waals surface area contributed by atoms with E-state index in [1.807, 2.05) is 32.0 Å². The van der Waals surface area contributed by atoms with E-state index < -0.39 is 0 Å². The molecule has 28 heavy (non-hydrogen) atoms. The molecule has 0 spiro atoms. The number of nitrogens with two attached hydrogens (primary N) is 1. The van der Waals surface area contributed by atoms with Gasteiger partial charge in [-0.2, -0.15) is 9.64 Å². The van der Waals surface area contributed by atoms with Gasteiger partial charge in [0.25, 0.3) is 0 Å². The van der Waals surface area contributed by atoms with Crippen molar-refractivity contribution >= 4 is 23.9 Å². The summed E-state index contributed by atoms with van der Waals surface area (Å²) in [5.41, 5.74) is 11.1. The van der Waals surface area contributed by atoms with E-state index in [-0.39, 0.29) is 24.6 Å². The molecule has 0 unspecified atom stereocenters. The zero-order valence-corrected chi connectivity index (χ0v) is 17.3. The van der Waals surface area contributed by atoms with E-state index in [0.29, 0.717) is 17.1 Å². The van der Waals surface area contributed by atoms with Crippen LogP contribution in [0.1, 0.15) is 43.0 Å². The molecule has 4 rings (SSSR count). The lowest BCUT2D eigenvalue weighted by atomic mass is 10.0. The summed E-state index contributed by atoms with van der Waals surface area (Å²) in [6, 6.07) is 14.0. The van der Waals surface area contributed by atoms with Gasteiger partial charge in [0.2, 0.25) is 0 Å². The summed E-state index contributed by atoms with van der Waals surface area (Å²) < 4.78 is 10.2. The fraction of sp³-hybridized carbons (Fsp3) is 0.286. The number of hydrogen-bond acceptors (Lipinski definition) is 6. The first-order valence-corrected chi connectivity index (χ1v) is 9.76. The summed E-state index contributed by atoms with van der Waals surface area (Å²) in [6.07, 6.45) is 1.96. The minimum atomic E-state index is 0. The molecule has 0 fully saturated rings. The highest BCUT2D eigenvalue weighted by atomic mass is 35.5. The molecule has 7 heteroatoms. The second kappa shape index (κ2) is 8.27. The fourth-order valence-electron chi connectivity index (χ4n) is 3.45. The SMILES string of the molecule is CC(C)Oc1ccc(-c2nsc(-c3cccc4c3CC[C@H]4N)n2)cc1C#N.Cl. The van der Waals surface area contributed by atoms with Crippen molar-refractivity contribution < 1.29 is 4.74 Å². The Morgan fingerprint density at radius 2 is 2.11 bits per heavy atom. The smallest absolute Gasteiger partial charge is 0.173 e. The van der Waals surface area contributed by atoms with E-state index >= 15 is 0 Å². The number of halogens is 1. The maximum absolute atomic E-state index is 9.44. The molecule has 1 heterocycles. The van der Waals surface area contributed by atoms with Crippen molar-refractivity contribution in [3.8, 4) is 33.8 Å². The van der Waals surface area contributed by atoms with Gasteiger partial charge in [0.1, 0.15) is 16.8 Å². The predicted molar refractivity (Wildman–Crippen MR) is 114 cm³/mol. The average Bonchev–Trinajstić information content (AvgIpc) is 3.29. The summed E-state index contributed by atoms with van der Waals surface area (Å²) >= 11 is 1.38. The van der Waals surface area contributed by atoms with Crippen molar-refractivity contribution in [3.63, 3.8) is 0 Å². The first kappa shape index (κ1) is 20.3. The summed E-state index contributed by atoms with van der Waals surface area (Å²) in [5.74, 6) is 1.21. The van der Waals surface area contributed by atoms with Crippen LogP contribution in [0.3, 0.4) is 0 Å². The van der Waals surface area contributed by atoms with Gasteiger partial charge in [-0.05, 0) is 67.5 Å². The number of rotatable bonds is 4. The highest BCUT2D eigenvalue weighted by Crippen LogP contribution is 2.38. The van der Waals surface area contributed by atoms with E-state index in [1.54, 1.807) is 6.07 Å². The van der Waals surface area contributed by atoms with E-state index in [2.05, 4.69) is 22.6 Å². The van der Waals surface area contributed by atoms with Crippen molar-refractivity contribution in [1.29, 1.82) is 5.26 Å². The van der Waals surface area contributed by atoms with Gasteiger partial charge in [-0.25, -0.2) is 4.98 Å². The molecule has 0 saturated carbocycles. The Kier molecular flexibility index (Phi) is 5.99. The van der Waals surface area contributed by atoms with Crippen LogP contribution in [0.15, 0.2) is 36.4 Å². The number of nitrogens with zero attached hydrogens (tertiary/aromatic N) is 3. The Balaban J connectivity index is 0.00000225. The molecule has 5 nitrogen and oxygen atoms in total. The van der Waals surface area contributed by atoms with Crippen molar-refractivity contribution in [1.82, 2.24) is 9.36 Å². The Labute approximate surface area is 174 Å². The zero-order chi connectivity index (χ0) is 19.0. The quantitative estimate of drug-likeness (QED) is 0.658. The lowest BCUT2D eigenvalue weighted by molar-refractivity contribution is 0.242. The Bertz CT molecular complexity index is 1040. The normalized spacial score (nSPS) is 15.0. The average molecular weight is 413 g/mol. The highest BCUT2D eigenvalue weighted by Gasteiger charge is 2.23. The summed E-state index contributed by atoms with van der Waals surface area (Å²) in [7, 11) is 0. The van der Waals surface area contributed by atoms with Crippen LogP contribution in [-0.4, -0.2) is 15.5 Å². The number of fused-ring (bicyclic) bond motifs is 1. The third-order valence-corrected chi connectivity index (χ3v) is 5.44. The van der Waals surface area contributed by atoms with Gasteiger partial charge in [0.15, 0.2) is 5.82 Å². The summed E-state index contributed by atoms with van der Waals surface area (Å²) in [6.45, 7) is 3.88. The monoisotopic (exact) mass is 412 g/mol. The number of benzene rings is 2. The van der Waals surface area contributed by atoms with Crippen LogP contribution < -0.4 is 10.5 Å². The molecule has 1 aliphatic rings. The molecular formula is C21H21ClN4OS. The summed E-state index contributed by atoms with van der Waals surface area (Å²) in [5, 5.41) is 10.3. The van der Waals surface area contributed by atoms with Gasteiger partial charge in [-0.3, -0.25) is 0 Å². The molecular weight excluding hydrogens is 392 g/mol. The fourth-order valence-corrected chi connectivity index (χ4v) is 4.19. The molecule has 1 aliphatic carbocycles. The van der Waals surface area contributed by atoms with Gasteiger partial charge in [-0.1, -0.05) is 18.2 Å². The van der Waals surface area contributed by atoms with E-state index in [4.69, 9.17) is 15.5 Å². The van der Waals surface area contributed by atoms with Crippen LogP contribution in [0.25, 0.3) is 22.0 Å². The van der Waals surface area contributed by atoms with Crippen molar-refractivity contribution in [2.45, 2.75) is 38.8 Å². The maximum atomic E-state index is 9.44. The van der Waals surface area contributed by atoms with Crippen molar-refractivity contribution in [3.05, 3.63) is 53.1 Å². The molecule has 3 aromatic rings. The third kappa shape index (κ3) is 3.74. The largest absolute Gasteiger partial charge is 0.490 e. The number of nitriles is 1. The molecule has 0 bridgehead atoms. The molecule has 0 radical (unpaired) electrons. The molecule has 0 aliphatic heterocycles. The minimum absolute atomic E-state index is 0. The second-order valence-electron chi connectivity index (χ2n) is 6.93. The third-order valence-electron chi connectivity index (χ3n) is 4.69. The topological polar surface area (TPSA) is 84.8 Å². The van der Waals surface area contributed by atoms with Gasteiger partial charge in [-0.15, -0.1) is 12.4 Å². The van der Waals surface area contributed by atoms with E-state index in [9.17, 15) is 5.26 Å². The Morgan fingerprint density at radius 1 is 1.29 bits per heavy atom. The molecule has 2 aromatic carbocycles. The number of hydrogen-bond donors (Lipinski definition) is 1. The lowest BCUT2D eigenvalue weighted by Gasteiger charge is -2.11. The van der Waals surface area contributed by atoms with Crippen molar-refractivity contribution in [2.24, 2.45) is 5.73 Å². The van der Waals surface area contributed by atoms with Crippen LogP contribution >= 0.6 is 23.9 Å².